The van der Waals surface area contributed by atoms with Gasteiger partial charge < -0.3 is 15.2 Å². The predicted molar refractivity (Wildman–Crippen MR) is 132 cm³/mol. The molecule has 1 fully saturated rings. The van der Waals surface area contributed by atoms with E-state index in [2.05, 4.69) is 39.9 Å². The van der Waals surface area contributed by atoms with Crippen molar-refractivity contribution in [3.63, 3.8) is 0 Å². The van der Waals surface area contributed by atoms with Crippen LogP contribution in [0, 0.1) is 5.92 Å². The van der Waals surface area contributed by atoms with Gasteiger partial charge in [-0.15, -0.1) is 0 Å². The van der Waals surface area contributed by atoms with Gasteiger partial charge in [-0.2, -0.15) is 0 Å². The number of nitrogens with one attached hydrogen (secondary N) is 2. The molecule has 8 nitrogen and oxygen atoms in total. The van der Waals surface area contributed by atoms with E-state index in [0.29, 0.717) is 4.88 Å². The van der Waals surface area contributed by atoms with Crippen molar-refractivity contribution in [2.45, 2.75) is 37.6 Å². The number of aromatic nitrogens is 1. The second kappa shape index (κ2) is 9.87. The highest BCUT2D eigenvalue weighted by atomic mass is 32.1. The van der Waals surface area contributed by atoms with Crippen molar-refractivity contribution in [3.05, 3.63) is 70.7 Å². The molecule has 9 heteroatoms. The van der Waals surface area contributed by atoms with Gasteiger partial charge in [0.15, 0.2) is 5.13 Å². The third-order valence-electron chi connectivity index (χ3n) is 6.69. The molecule has 0 saturated heterocycles. The molecule has 0 aliphatic heterocycles. The largest absolute Gasteiger partial charge is 0.481 e. The van der Waals surface area contributed by atoms with Crippen molar-refractivity contribution in [2.24, 2.45) is 5.92 Å². The average Bonchev–Trinajstić information content (AvgIpc) is 3.56. The average molecular weight is 492 g/mol. The maximum absolute atomic E-state index is 12.6. The molecule has 2 amide bonds. The van der Waals surface area contributed by atoms with E-state index in [1.54, 1.807) is 0 Å². The van der Waals surface area contributed by atoms with Crippen molar-refractivity contribution in [1.29, 1.82) is 0 Å². The van der Waals surface area contributed by atoms with Crippen molar-refractivity contribution < 1.29 is 24.2 Å². The lowest BCUT2D eigenvalue weighted by Crippen LogP contribution is -2.37. The van der Waals surface area contributed by atoms with Gasteiger partial charge in [-0.05, 0) is 41.0 Å². The summed E-state index contributed by atoms with van der Waals surface area (Å²) in [4.78, 5) is 40.6. The van der Waals surface area contributed by atoms with Crippen LogP contribution in [0.2, 0.25) is 0 Å². The third-order valence-corrected chi connectivity index (χ3v) is 7.61. The van der Waals surface area contributed by atoms with E-state index in [1.165, 1.54) is 6.20 Å². The Morgan fingerprint density at radius 1 is 1.03 bits per heavy atom. The molecule has 1 heterocycles. The summed E-state index contributed by atoms with van der Waals surface area (Å²) in [6.07, 6.45) is 3.25. The number of hydrogen-bond acceptors (Lipinski definition) is 6. The number of anilines is 1. The molecule has 180 valence electrons. The Hall–Kier alpha value is -3.72. The molecule has 3 N–H and O–H groups in total. The van der Waals surface area contributed by atoms with Crippen molar-refractivity contribution in [1.82, 2.24) is 10.3 Å². The Morgan fingerprint density at radius 3 is 2.40 bits per heavy atom. The normalized spacial score (nSPS) is 18.5. The number of amides is 2. The molecule has 35 heavy (non-hydrogen) atoms. The second-order valence-corrected chi connectivity index (χ2v) is 9.88. The van der Waals surface area contributed by atoms with Crippen LogP contribution in [0.1, 0.15) is 52.4 Å². The van der Waals surface area contributed by atoms with Gasteiger partial charge in [0, 0.05) is 12.0 Å². The van der Waals surface area contributed by atoms with Gasteiger partial charge in [-0.25, -0.2) is 9.78 Å². The van der Waals surface area contributed by atoms with Crippen molar-refractivity contribution in [3.8, 4) is 11.1 Å². The summed E-state index contributed by atoms with van der Waals surface area (Å²) in [6, 6.07) is 16.1. The van der Waals surface area contributed by atoms with Crippen LogP contribution in [0.5, 0.6) is 0 Å². The van der Waals surface area contributed by atoms with Gasteiger partial charge in [0.2, 0.25) is 0 Å². The Labute approximate surface area is 206 Å². The lowest BCUT2D eigenvalue weighted by atomic mass is 9.98. The predicted octanol–water partition coefficient (Wildman–Crippen LogP) is 4.88. The zero-order valence-electron chi connectivity index (χ0n) is 18.9. The summed E-state index contributed by atoms with van der Waals surface area (Å²) >= 11 is 1.05. The minimum atomic E-state index is -0.858. The molecule has 2 aliphatic carbocycles. The minimum Gasteiger partial charge on any atom is -0.481 e. The van der Waals surface area contributed by atoms with Crippen LogP contribution >= 0.6 is 11.3 Å². The van der Waals surface area contributed by atoms with Gasteiger partial charge in [0.05, 0.1) is 12.6 Å². The molecule has 0 spiro atoms. The molecular formula is C26H25N3O5S. The Bertz CT molecular complexity index is 1230. The van der Waals surface area contributed by atoms with Crippen LogP contribution in [0.3, 0.4) is 0 Å². The number of benzene rings is 2. The standard InChI is InChI=1S/C26H25N3O5S/c30-23(31)12-15-6-5-11-21(15)28-24(32)22-13-27-25(35-22)29-26(33)34-14-20-18-9-3-1-7-16(18)17-8-2-4-10-19(17)20/h1-4,7-10,13,15,20-21H,5-6,11-12,14H2,(H,28,32)(H,30,31)(H,27,29,33)/t15-,21+/m0/s1. The molecule has 1 aromatic heterocycles. The van der Waals surface area contributed by atoms with Gasteiger partial charge in [-0.3, -0.25) is 14.9 Å². The summed E-state index contributed by atoms with van der Waals surface area (Å²) in [5.74, 6) is -1.28. The highest BCUT2D eigenvalue weighted by molar-refractivity contribution is 7.17. The molecule has 0 unspecified atom stereocenters. The smallest absolute Gasteiger partial charge is 0.413 e. The molecule has 3 aromatic rings. The number of rotatable bonds is 7. The molecule has 2 aliphatic rings. The highest BCUT2D eigenvalue weighted by Crippen LogP contribution is 2.44. The fourth-order valence-corrected chi connectivity index (χ4v) is 5.80. The van der Waals surface area contributed by atoms with Gasteiger partial charge >= 0.3 is 12.1 Å². The van der Waals surface area contributed by atoms with Crippen LogP contribution in [0.4, 0.5) is 9.93 Å². The summed E-state index contributed by atoms with van der Waals surface area (Å²) in [5.41, 5.74) is 4.56. The third kappa shape index (κ3) is 4.90. The number of fused-ring (bicyclic) bond motifs is 3. The van der Waals surface area contributed by atoms with Gasteiger partial charge in [-0.1, -0.05) is 66.3 Å². The van der Waals surface area contributed by atoms with Crippen LogP contribution in [-0.2, 0) is 9.53 Å². The SMILES string of the molecule is O=C(O)C[C@@H]1CCC[C@H]1NC(=O)c1cnc(NC(=O)OCC2c3ccccc3-c3ccccc32)s1. The van der Waals surface area contributed by atoms with E-state index >= 15 is 0 Å². The second-order valence-electron chi connectivity index (χ2n) is 8.85. The maximum atomic E-state index is 12.6. The Balaban J connectivity index is 1.17. The molecule has 5 rings (SSSR count). The monoisotopic (exact) mass is 491 g/mol. The van der Waals surface area contributed by atoms with Crippen molar-refractivity contribution in [2.75, 3.05) is 11.9 Å². The first kappa shape index (κ1) is 23.0. The summed E-state index contributed by atoms with van der Waals surface area (Å²) < 4.78 is 5.53. The topological polar surface area (TPSA) is 118 Å². The van der Waals surface area contributed by atoms with E-state index in [9.17, 15) is 14.4 Å². The number of carboxylic acid groups (broad SMARTS) is 1. The number of carboxylic acids is 1. The van der Waals surface area contributed by atoms with E-state index in [0.717, 1.165) is 52.9 Å². The summed E-state index contributed by atoms with van der Waals surface area (Å²) in [7, 11) is 0. The molecule has 2 aromatic carbocycles. The zero-order chi connectivity index (χ0) is 24.4. The number of ether oxygens (including phenoxy) is 1. The van der Waals surface area contributed by atoms with E-state index in [-0.39, 0.29) is 41.9 Å². The molecule has 1 saturated carbocycles. The fourth-order valence-electron chi connectivity index (χ4n) is 5.09. The number of carbonyl (C=O) groups excluding carboxylic acids is 2. The maximum Gasteiger partial charge on any atom is 0.413 e. The Kier molecular flexibility index (Phi) is 6.50. The van der Waals surface area contributed by atoms with Crippen LogP contribution in [0.25, 0.3) is 11.1 Å². The molecule has 0 bridgehead atoms. The van der Waals surface area contributed by atoms with E-state index < -0.39 is 12.1 Å². The van der Waals surface area contributed by atoms with Gasteiger partial charge in [0.25, 0.3) is 5.91 Å². The number of hydrogen-bond donors (Lipinski definition) is 3. The van der Waals surface area contributed by atoms with Gasteiger partial charge in [0.1, 0.15) is 11.5 Å². The lowest BCUT2D eigenvalue weighted by molar-refractivity contribution is -0.138. The lowest BCUT2D eigenvalue weighted by Gasteiger charge is -2.18. The first-order valence-electron chi connectivity index (χ1n) is 11.6. The first-order chi connectivity index (χ1) is 17.0. The highest BCUT2D eigenvalue weighted by Gasteiger charge is 2.31. The quantitative estimate of drug-likeness (QED) is 0.434. The molecule has 2 atom stereocenters. The number of thiazole rings is 1. The molecule has 0 radical (unpaired) electrons. The summed E-state index contributed by atoms with van der Waals surface area (Å²) in [6.45, 7) is 0.186. The summed E-state index contributed by atoms with van der Waals surface area (Å²) in [5, 5.41) is 14.9. The minimum absolute atomic E-state index is 0.0439. The Morgan fingerprint density at radius 2 is 1.71 bits per heavy atom. The van der Waals surface area contributed by atoms with Crippen LogP contribution in [0.15, 0.2) is 54.7 Å². The fraction of sp³-hybridized carbons (Fsp3) is 0.308. The van der Waals surface area contributed by atoms with Crippen LogP contribution < -0.4 is 10.6 Å². The number of carbonyl (C=O) groups is 3. The van der Waals surface area contributed by atoms with E-state index in [1.807, 2.05) is 24.3 Å². The zero-order valence-corrected chi connectivity index (χ0v) is 19.7. The van der Waals surface area contributed by atoms with Crippen LogP contribution in [-0.4, -0.2) is 40.7 Å². The van der Waals surface area contributed by atoms with E-state index in [4.69, 9.17) is 9.84 Å². The first-order valence-corrected chi connectivity index (χ1v) is 12.4. The molecular weight excluding hydrogens is 466 g/mol. The number of aliphatic carboxylic acids is 1. The number of nitrogens with zero attached hydrogens (tertiary/aromatic N) is 1. The van der Waals surface area contributed by atoms with Crippen molar-refractivity contribution >= 4 is 34.4 Å².